The van der Waals surface area contributed by atoms with E-state index in [1.54, 1.807) is 18.2 Å². The summed E-state index contributed by atoms with van der Waals surface area (Å²) in [6.45, 7) is 8.25. The van der Waals surface area contributed by atoms with Gasteiger partial charge in [0.05, 0.1) is 27.9 Å². The topological polar surface area (TPSA) is 40.5 Å². The molecule has 3 rings (SSSR count). The van der Waals surface area contributed by atoms with Crippen LogP contribution in [0, 0.1) is 0 Å². The molecule has 1 aliphatic rings. The van der Waals surface area contributed by atoms with Gasteiger partial charge in [0, 0.05) is 25.3 Å². The molecule has 0 spiro atoms. The molecule has 1 aliphatic heterocycles. The summed E-state index contributed by atoms with van der Waals surface area (Å²) in [5.74, 6) is -1.50. The number of halogens is 2. The van der Waals surface area contributed by atoms with E-state index in [-0.39, 0.29) is 5.97 Å². The van der Waals surface area contributed by atoms with Gasteiger partial charge in [-0.1, -0.05) is 36.2 Å². The third-order valence-electron chi connectivity index (χ3n) is 4.45. The maximum Gasteiger partial charge on any atom is 0.305 e. The van der Waals surface area contributed by atoms with Crippen molar-refractivity contribution in [2.75, 3.05) is 6.61 Å². The lowest BCUT2D eigenvalue weighted by Gasteiger charge is -2.37. The minimum Gasteiger partial charge on any atom is -0.427 e. The van der Waals surface area contributed by atoms with Crippen LogP contribution in [-0.4, -0.2) is 17.1 Å². The van der Waals surface area contributed by atoms with E-state index < -0.39 is 5.79 Å². The first-order valence-corrected chi connectivity index (χ1v) is 9.14. The van der Waals surface area contributed by atoms with Gasteiger partial charge in [-0.15, -0.1) is 6.58 Å². The molecule has 0 aliphatic carbocycles. The maximum atomic E-state index is 11.8. The highest BCUT2D eigenvalue weighted by atomic mass is 35.5. The maximum absolute atomic E-state index is 11.8. The molecule has 0 saturated heterocycles. The molecule has 0 bridgehead atoms. The third-order valence-corrected chi connectivity index (χ3v) is 5.07. The van der Waals surface area contributed by atoms with Crippen LogP contribution < -0.4 is 0 Å². The molecule has 0 N–H and O–H groups in total. The second-order valence-electron chi connectivity index (χ2n) is 6.17. The number of rotatable bonds is 5. The first-order chi connectivity index (χ1) is 11.9. The van der Waals surface area contributed by atoms with Crippen molar-refractivity contribution in [3.05, 3.63) is 46.1 Å². The van der Waals surface area contributed by atoms with Gasteiger partial charge in [0.25, 0.3) is 5.79 Å². The van der Waals surface area contributed by atoms with Crippen molar-refractivity contribution in [3.63, 3.8) is 0 Å². The number of ether oxygens (including phenoxy) is 2. The van der Waals surface area contributed by atoms with Crippen LogP contribution in [0.5, 0.6) is 0 Å². The molecule has 1 unspecified atom stereocenters. The van der Waals surface area contributed by atoms with Crippen molar-refractivity contribution in [2.24, 2.45) is 0 Å². The highest BCUT2D eigenvalue weighted by molar-refractivity contribution is 6.40. The van der Waals surface area contributed by atoms with E-state index >= 15 is 0 Å². The summed E-state index contributed by atoms with van der Waals surface area (Å²) >= 11 is 13.0. The normalized spacial score (nSPS) is 19.7. The Kier molecular flexibility index (Phi) is 5.14. The Balaban J connectivity index is 2.41. The van der Waals surface area contributed by atoms with E-state index in [0.717, 1.165) is 28.6 Å². The highest BCUT2D eigenvalue weighted by Crippen LogP contribution is 2.46. The van der Waals surface area contributed by atoms with Crippen LogP contribution in [0.4, 0.5) is 0 Å². The van der Waals surface area contributed by atoms with Crippen LogP contribution in [0.15, 0.2) is 24.8 Å². The molecule has 0 amide bonds. The van der Waals surface area contributed by atoms with Crippen molar-refractivity contribution in [3.8, 4) is 0 Å². The summed E-state index contributed by atoms with van der Waals surface area (Å²) in [4.78, 5) is 11.8. The van der Waals surface area contributed by atoms with Gasteiger partial charge in [0.1, 0.15) is 0 Å². The van der Waals surface area contributed by atoms with Crippen LogP contribution in [0.25, 0.3) is 10.9 Å². The average molecular weight is 382 g/mol. The molecule has 0 radical (unpaired) electrons. The predicted octanol–water partition coefficient (Wildman–Crippen LogP) is 5.22. The Morgan fingerprint density at radius 1 is 1.44 bits per heavy atom. The van der Waals surface area contributed by atoms with Gasteiger partial charge in [-0.3, -0.25) is 4.79 Å². The number of hydrogen-bond acceptors (Lipinski definition) is 3. The molecule has 0 fully saturated rings. The largest absolute Gasteiger partial charge is 0.427 e. The van der Waals surface area contributed by atoms with Crippen molar-refractivity contribution in [2.45, 2.75) is 45.4 Å². The zero-order chi connectivity index (χ0) is 18.2. The van der Waals surface area contributed by atoms with Gasteiger partial charge in [-0.2, -0.15) is 0 Å². The second kappa shape index (κ2) is 7.02. The smallest absolute Gasteiger partial charge is 0.305 e. The Bertz CT molecular complexity index is 843. The molecule has 2 heterocycles. The minimum absolute atomic E-state index is 0.381. The fraction of sp³-hybridized carbons (Fsp3) is 0.421. The molecule has 1 aromatic heterocycles. The van der Waals surface area contributed by atoms with Gasteiger partial charge in [-0.25, -0.2) is 0 Å². The van der Waals surface area contributed by atoms with E-state index in [4.69, 9.17) is 32.7 Å². The number of esters is 1. The summed E-state index contributed by atoms with van der Waals surface area (Å²) < 4.78 is 13.8. The Morgan fingerprint density at radius 3 is 2.80 bits per heavy atom. The number of carbonyl (C=O) groups excluding carboxylic acids is 1. The van der Waals surface area contributed by atoms with E-state index in [9.17, 15) is 4.79 Å². The molecule has 2 aromatic rings. The minimum atomic E-state index is -1.12. The molecular weight excluding hydrogens is 361 g/mol. The quantitative estimate of drug-likeness (QED) is 0.526. The van der Waals surface area contributed by atoms with Crippen molar-refractivity contribution < 1.29 is 14.3 Å². The van der Waals surface area contributed by atoms with E-state index in [2.05, 4.69) is 6.58 Å². The van der Waals surface area contributed by atoms with Crippen LogP contribution in [0.1, 0.15) is 37.9 Å². The molecule has 134 valence electrons. The van der Waals surface area contributed by atoms with Crippen LogP contribution >= 0.6 is 23.2 Å². The number of benzene rings is 1. The summed E-state index contributed by atoms with van der Waals surface area (Å²) in [6.07, 6.45) is 3.82. The lowest BCUT2D eigenvalue weighted by atomic mass is 9.96. The Hall–Kier alpha value is -1.49. The molecule has 1 atom stereocenters. The number of allylic oxidation sites excluding steroid dienone is 1. The lowest BCUT2D eigenvalue weighted by Crippen LogP contribution is -2.41. The lowest BCUT2D eigenvalue weighted by molar-refractivity contribution is -0.249. The fourth-order valence-electron chi connectivity index (χ4n) is 3.74. The van der Waals surface area contributed by atoms with Gasteiger partial charge in [0.15, 0.2) is 0 Å². The molecule has 1 aromatic carbocycles. The first-order valence-electron chi connectivity index (χ1n) is 8.39. The average Bonchev–Trinajstić information content (AvgIpc) is 2.88. The zero-order valence-corrected chi connectivity index (χ0v) is 15.9. The molecule has 4 nitrogen and oxygen atoms in total. The highest BCUT2D eigenvalue weighted by Gasteiger charge is 2.45. The van der Waals surface area contributed by atoms with Gasteiger partial charge >= 0.3 is 5.97 Å². The van der Waals surface area contributed by atoms with E-state index in [0.29, 0.717) is 36.0 Å². The van der Waals surface area contributed by atoms with Crippen LogP contribution in [0.2, 0.25) is 10.0 Å². The van der Waals surface area contributed by atoms with Crippen LogP contribution in [0.3, 0.4) is 0 Å². The molecule has 25 heavy (non-hydrogen) atoms. The van der Waals surface area contributed by atoms with Crippen LogP contribution in [-0.2, 0) is 33.0 Å². The van der Waals surface area contributed by atoms with E-state index in [1.807, 2.05) is 11.5 Å². The number of fused-ring (bicyclic) bond motifs is 3. The van der Waals surface area contributed by atoms with Crippen molar-refractivity contribution >= 4 is 40.1 Å². The standard InChI is InChI=1S/C19H21Cl2NO3/c1-4-9-19(25-12(3)23)18-13(8-11-24-19)16-14(20)6-7-15(21)17(16)22(18)10-5-2/h5-7H,2,4,8-11H2,1,3H3. The number of hydrogen-bond donors (Lipinski definition) is 0. The summed E-state index contributed by atoms with van der Waals surface area (Å²) in [7, 11) is 0. The van der Waals surface area contributed by atoms with E-state index in [1.165, 1.54) is 6.92 Å². The number of nitrogens with zero attached hydrogens (tertiary/aromatic N) is 1. The molecule has 0 saturated carbocycles. The summed E-state index contributed by atoms with van der Waals surface area (Å²) in [5, 5.41) is 2.14. The van der Waals surface area contributed by atoms with Crippen molar-refractivity contribution in [1.82, 2.24) is 4.57 Å². The van der Waals surface area contributed by atoms with Crippen molar-refractivity contribution in [1.29, 1.82) is 0 Å². The first kappa shape index (κ1) is 18.3. The Labute approximate surface area is 157 Å². The molecule has 6 heteroatoms. The third kappa shape index (κ3) is 2.97. The second-order valence-corrected chi connectivity index (χ2v) is 6.99. The number of carbonyl (C=O) groups is 1. The molecular formula is C19H21Cl2NO3. The van der Waals surface area contributed by atoms with Gasteiger partial charge in [-0.05, 0) is 30.5 Å². The Morgan fingerprint density at radius 2 is 2.16 bits per heavy atom. The monoisotopic (exact) mass is 381 g/mol. The fourth-order valence-corrected chi connectivity index (χ4v) is 4.27. The van der Waals surface area contributed by atoms with Gasteiger partial charge < -0.3 is 14.0 Å². The SMILES string of the molecule is C=CCn1c2c(c3c(Cl)ccc(Cl)c31)CCOC2(CCC)OC(C)=O. The predicted molar refractivity (Wildman–Crippen MR) is 100 cm³/mol. The zero-order valence-electron chi connectivity index (χ0n) is 14.4. The summed E-state index contributed by atoms with van der Waals surface area (Å²) in [5.41, 5.74) is 2.68. The number of aromatic nitrogens is 1. The van der Waals surface area contributed by atoms with Gasteiger partial charge in [0.2, 0.25) is 0 Å². The summed E-state index contributed by atoms with van der Waals surface area (Å²) in [6, 6.07) is 3.58.